The molecule has 0 fully saturated rings. The van der Waals surface area contributed by atoms with Gasteiger partial charge >= 0.3 is 5.97 Å². The SMILES string of the molecule is O=C(O)CSc1nc2cc(F)ccc2c2nc(=O)c(-c3ccccc3)nn12. The summed E-state index contributed by atoms with van der Waals surface area (Å²) in [6, 6.07) is 12.7. The maximum Gasteiger partial charge on any atom is 0.313 e. The number of hydrogen-bond donors (Lipinski definition) is 1. The molecule has 0 aliphatic carbocycles. The van der Waals surface area contributed by atoms with Crippen LogP contribution in [-0.2, 0) is 4.79 Å². The second-order valence-electron chi connectivity index (χ2n) is 5.61. The summed E-state index contributed by atoms with van der Waals surface area (Å²) < 4.78 is 14.9. The van der Waals surface area contributed by atoms with Crippen molar-refractivity contribution in [1.82, 2.24) is 19.6 Å². The predicted molar refractivity (Wildman–Crippen MR) is 98.3 cm³/mol. The highest BCUT2D eigenvalue weighted by Gasteiger charge is 2.16. The Morgan fingerprint density at radius 2 is 1.93 bits per heavy atom. The van der Waals surface area contributed by atoms with E-state index >= 15 is 0 Å². The zero-order valence-corrected chi connectivity index (χ0v) is 14.5. The summed E-state index contributed by atoms with van der Waals surface area (Å²) in [5, 5.41) is 14.0. The van der Waals surface area contributed by atoms with Crippen LogP contribution in [-0.4, -0.2) is 36.4 Å². The fourth-order valence-corrected chi connectivity index (χ4v) is 3.29. The van der Waals surface area contributed by atoms with Crippen LogP contribution in [0.4, 0.5) is 4.39 Å². The van der Waals surface area contributed by atoms with Crippen molar-refractivity contribution in [2.75, 3.05) is 5.75 Å². The van der Waals surface area contributed by atoms with Gasteiger partial charge in [0.25, 0.3) is 5.56 Å². The molecule has 2 heterocycles. The number of carboxylic acids is 1. The molecule has 0 saturated heterocycles. The van der Waals surface area contributed by atoms with E-state index in [0.717, 1.165) is 11.8 Å². The Hall–Kier alpha value is -3.33. The lowest BCUT2D eigenvalue weighted by Crippen LogP contribution is -2.18. The first kappa shape index (κ1) is 17.1. The van der Waals surface area contributed by atoms with Gasteiger partial charge in [0.15, 0.2) is 16.5 Å². The monoisotopic (exact) mass is 382 g/mol. The van der Waals surface area contributed by atoms with Crippen LogP contribution in [0.15, 0.2) is 58.5 Å². The Bertz CT molecular complexity index is 1240. The third-order valence-corrected chi connectivity index (χ3v) is 4.69. The number of aromatic nitrogens is 4. The molecule has 0 unspecified atom stereocenters. The summed E-state index contributed by atoms with van der Waals surface area (Å²) in [5.41, 5.74) is 0.625. The summed E-state index contributed by atoms with van der Waals surface area (Å²) in [5.74, 6) is -1.80. The van der Waals surface area contributed by atoms with Crippen molar-refractivity contribution in [2.24, 2.45) is 0 Å². The van der Waals surface area contributed by atoms with Crippen LogP contribution in [0.1, 0.15) is 0 Å². The zero-order valence-electron chi connectivity index (χ0n) is 13.7. The molecule has 0 atom stereocenters. The quantitative estimate of drug-likeness (QED) is 0.329. The molecule has 2 aromatic carbocycles. The molecule has 2 aromatic heterocycles. The van der Waals surface area contributed by atoms with Gasteiger partial charge in [-0.1, -0.05) is 42.1 Å². The molecule has 7 nitrogen and oxygen atoms in total. The summed E-state index contributed by atoms with van der Waals surface area (Å²) in [7, 11) is 0. The number of thioether (sulfide) groups is 1. The molecule has 134 valence electrons. The van der Waals surface area contributed by atoms with Crippen molar-refractivity contribution in [2.45, 2.75) is 5.16 Å². The molecule has 0 aliphatic heterocycles. The van der Waals surface area contributed by atoms with Crippen LogP contribution in [0, 0.1) is 5.82 Å². The Morgan fingerprint density at radius 3 is 2.67 bits per heavy atom. The molecular weight excluding hydrogens is 371 g/mol. The first-order valence-corrected chi connectivity index (χ1v) is 8.82. The second-order valence-corrected chi connectivity index (χ2v) is 6.55. The summed E-state index contributed by atoms with van der Waals surface area (Å²) in [6.07, 6.45) is 0. The van der Waals surface area contributed by atoms with Crippen LogP contribution in [0.5, 0.6) is 0 Å². The van der Waals surface area contributed by atoms with Gasteiger partial charge in [0.05, 0.1) is 11.3 Å². The average Bonchev–Trinajstić information content (AvgIpc) is 2.66. The van der Waals surface area contributed by atoms with Crippen LogP contribution in [0.25, 0.3) is 27.8 Å². The van der Waals surface area contributed by atoms with Gasteiger partial charge in [0.2, 0.25) is 0 Å². The van der Waals surface area contributed by atoms with Crippen LogP contribution in [0.2, 0.25) is 0 Å². The molecule has 4 rings (SSSR count). The number of carbonyl (C=O) groups is 1. The summed E-state index contributed by atoms with van der Waals surface area (Å²) in [6.45, 7) is 0. The maximum absolute atomic E-state index is 13.6. The minimum atomic E-state index is -1.04. The van der Waals surface area contributed by atoms with E-state index in [-0.39, 0.29) is 27.8 Å². The average molecular weight is 382 g/mol. The van der Waals surface area contributed by atoms with E-state index < -0.39 is 17.3 Å². The fraction of sp³-hybridized carbons (Fsp3) is 0.0556. The van der Waals surface area contributed by atoms with Crippen molar-refractivity contribution in [3.8, 4) is 11.3 Å². The molecule has 9 heteroatoms. The normalized spacial score (nSPS) is 11.1. The number of nitrogens with zero attached hydrogens (tertiary/aromatic N) is 4. The Morgan fingerprint density at radius 1 is 1.15 bits per heavy atom. The molecule has 0 bridgehead atoms. The molecule has 0 spiro atoms. The fourth-order valence-electron chi connectivity index (χ4n) is 2.63. The molecule has 0 radical (unpaired) electrons. The lowest BCUT2D eigenvalue weighted by atomic mass is 10.2. The lowest BCUT2D eigenvalue weighted by molar-refractivity contribution is -0.133. The van der Waals surface area contributed by atoms with E-state index in [1.807, 2.05) is 6.07 Å². The van der Waals surface area contributed by atoms with Crippen molar-refractivity contribution in [3.63, 3.8) is 0 Å². The van der Waals surface area contributed by atoms with E-state index in [1.165, 1.54) is 22.7 Å². The van der Waals surface area contributed by atoms with Gasteiger partial charge in [-0.2, -0.15) is 14.6 Å². The Labute approximate surface area is 155 Å². The number of rotatable bonds is 4. The third-order valence-electron chi connectivity index (χ3n) is 3.78. The van der Waals surface area contributed by atoms with Gasteiger partial charge in [-0.05, 0) is 12.1 Å². The van der Waals surface area contributed by atoms with Gasteiger partial charge in [0, 0.05) is 17.0 Å². The number of aliphatic carboxylic acids is 1. The topological polar surface area (TPSA) is 97.5 Å². The zero-order chi connectivity index (χ0) is 19.0. The van der Waals surface area contributed by atoms with Gasteiger partial charge in [0.1, 0.15) is 5.82 Å². The van der Waals surface area contributed by atoms with E-state index in [4.69, 9.17) is 5.11 Å². The number of halogens is 1. The van der Waals surface area contributed by atoms with Gasteiger partial charge in [-0.15, -0.1) is 0 Å². The molecule has 0 saturated carbocycles. The molecule has 1 N–H and O–H groups in total. The lowest BCUT2D eigenvalue weighted by Gasteiger charge is -2.10. The Balaban J connectivity index is 2.04. The highest BCUT2D eigenvalue weighted by atomic mass is 32.2. The standard InChI is InChI=1S/C18H11FN4O3S/c19-11-6-7-12-13(8-11)20-18(27-9-14(24)25)23-16(12)21-17(26)15(22-23)10-4-2-1-3-5-10/h1-8H,9H2,(H,24,25). The largest absolute Gasteiger partial charge is 0.481 e. The highest BCUT2D eigenvalue weighted by molar-refractivity contribution is 7.99. The van der Waals surface area contributed by atoms with E-state index in [2.05, 4.69) is 15.1 Å². The van der Waals surface area contributed by atoms with Crippen LogP contribution < -0.4 is 5.56 Å². The van der Waals surface area contributed by atoms with E-state index in [9.17, 15) is 14.0 Å². The summed E-state index contributed by atoms with van der Waals surface area (Å²) in [4.78, 5) is 31.9. The molecule has 27 heavy (non-hydrogen) atoms. The first-order valence-electron chi connectivity index (χ1n) is 7.83. The van der Waals surface area contributed by atoms with Crippen LogP contribution in [0.3, 0.4) is 0 Å². The minimum Gasteiger partial charge on any atom is -0.481 e. The van der Waals surface area contributed by atoms with Gasteiger partial charge in [-0.3, -0.25) is 9.59 Å². The molecule has 4 aromatic rings. The first-order chi connectivity index (χ1) is 13.0. The van der Waals surface area contributed by atoms with Gasteiger partial charge in [-0.25, -0.2) is 9.37 Å². The van der Waals surface area contributed by atoms with Crippen molar-refractivity contribution in [1.29, 1.82) is 0 Å². The third kappa shape index (κ3) is 3.24. The van der Waals surface area contributed by atoms with E-state index in [1.54, 1.807) is 24.3 Å². The minimum absolute atomic E-state index is 0.119. The highest BCUT2D eigenvalue weighted by Crippen LogP contribution is 2.24. The smallest absolute Gasteiger partial charge is 0.313 e. The number of hydrogen-bond acceptors (Lipinski definition) is 6. The van der Waals surface area contributed by atoms with E-state index in [0.29, 0.717) is 10.9 Å². The second kappa shape index (κ2) is 6.76. The van der Waals surface area contributed by atoms with Crippen molar-refractivity contribution < 1.29 is 14.3 Å². The molecule has 0 amide bonds. The number of carboxylic acid groups (broad SMARTS) is 1. The molecule has 0 aliphatic rings. The molecular formula is C18H11FN4O3S. The van der Waals surface area contributed by atoms with Crippen molar-refractivity contribution >= 4 is 34.3 Å². The van der Waals surface area contributed by atoms with Gasteiger partial charge < -0.3 is 5.11 Å². The van der Waals surface area contributed by atoms with Crippen molar-refractivity contribution in [3.05, 3.63) is 64.7 Å². The Kier molecular flexibility index (Phi) is 4.28. The number of benzene rings is 2. The predicted octanol–water partition coefficient (Wildman–Crippen LogP) is 2.62. The summed E-state index contributed by atoms with van der Waals surface area (Å²) >= 11 is 0.914. The van der Waals surface area contributed by atoms with Crippen LogP contribution >= 0.6 is 11.8 Å². The number of fused-ring (bicyclic) bond motifs is 3. The maximum atomic E-state index is 13.6.